The Morgan fingerprint density at radius 2 is 1.69 bits per heavy atom. The molecule has 1 N–H and O–H groups in total. The van der Waals surface area contributed by atoms with Crippen molar-refractivity contribution >= 4 is 37.3 Å². The fourth-order valence-electron chi connectivity index (χ4n) is 3.84. The van der Waals surface area contributed by atoms with E-state index in [1.807, 2.05) is 0 Å². The molecule has 12 heteroatoms. The second-order valence-corrected chi connectivity index (χ2v) is 12.5. The first-order chi connectivity index (χ1) is 17.0. The average molecular weight is 540 g/mol. The van der Waals surface area contributed by atoms with E-state index in [0.717, 1.165) is 29.8 Å². The van der Waals surface area contributed by atoms with E-state index >= 15 is 0 Å². The van der Waals surface area contributed by atoms with Gasteiger partial charge in [0.05, 0.1) is 19.1 Å². The van der Waals surface area contributed by atoms with Gasteiger partial charge in [-0.3, -0.25) is 9.10 Å². The van der Waals surface area contributed by atoms with Crippen molar-refractivity contribution in [2.45, 2.75) is 43.6 Å². The number of amides is 1. The van der Waals surface area contributed by atoms with Gasteiger partial charge in [0.15, 0.2) is 6.10 Å². The second-order valence-electron chi connectivity index (χ2n) is 8.56. The minimum absolute atomic E-state index is 0.00394. The van der Waals surface area contributed by atoms with Crippen LogP contribution in [0.1, 0.15) is 32.6 Å². The molecule has 1 aliphatic heterocycles. The number of methoxy groups -OCH3 is 1. The standard InChI is InChI=1S/C24H33N3O7S2/c1-5-21(34-20-12-10-19(11-13-20)26(2)35(4,29)30)24(28)25-18-9-14-22(33-3)23(17-18)36(31,32)27-15-7-6-8-16-27/h9-14,17,21H,5-8,15-16H2,1-4H3,(H,25,28)/t21-/m1/s1. The Bertz CT molecular complexity index is 1270. The van der Waals surface area contributed by atoms with Crippen molar-refractivity contribution in [3.63, 3.8) is 0 Å². The van der Waals surface area contributed by atoms with Crippen molar-refractivity contribution in [3.8, 4) is 11.5 Å². The summed E-state index contributed by atoms with van der Waals surface area (Å²) in [5, 5.41) is 2.74. The zero-order chi connectivity index (χ0) is 26.5. The molecule has 1 aliphatic rings. The van der Waals surface area contributed by atoms with Crippen LogP contribution in [0.25, 0.3) is 0 Å². The number of nitrogens with zero attached hydrogens (tertiary/aromatic N) is 2. The van der Waals surface area contributed by atoms with Crippen LogP contribution in [-0.2, 0) is 24.8 Å². The molecule has 2 aromatic rings. The first-order valence-corrected chi connectivity index (χ1v) is 15.0. The molecule has 198 valence electrons. The molecule has 1 saturated heterocycles. The summed E-state index contributed by atoms with van der Waals surface area (Å²) in [5.74, 6) is 0.160. The lowest BCUT2D eigenvalue weighted by Crippen LogP contribution is -2.36. The molecule has 1 atom stereocenters. The van der Waals surface area contributed by atoms with E-state index in [4.69, 9.17) is 9.47 Å². The molecule has 3 rings (SSSR count). The molecule has 1 amide bonds. The first-order valence-electron chi connectivity index (χ1n) is 11.7. The number of benzene rings is 2. The average Bonchev–Trinajstić information content (AvgIpc) is 2.87. The Morgan fingerprint density at radius 3 is 2.25 bits per heavy atom. The highest BCUT2D eigenvalue weighted by Crippen LogP contribution is 2.31. The van der Waals surface area contributed by atoms with Crippen LogP contribution in [0.3, 0.4) is 0 Å². The van der Waals surface area contributed by atoms with Crippen molar-refractivity contribution in [1.82, 2.24) is 4.31 Å². The van der Waals surface area contributed by atoms with E-state index in [-0.39, 0.29) is 10.6 Å². The minimum atomic E-state index is -3.78. The summed E-state index contributed by atoms with van der Waals surface area (Å²) in [6.07, 6.45) is 3.21. The van der Waals surface area contributed by atoms with Crippen molar-refractivity contribution in [2.75, 3.05) is 43.1 Å². The highest BCUT2D eigenvalue weighted by Gasteiger charge is 2.29. The van der Waals surface area contributed by atoms with Crippen molar-refractivity contribution in [2.24, 2.45) is 0 Å². The molecule has 2 aromatic carbocycles. The molecular formula is C24H33N3O7S2. The molecule has 0 radical (unpaired) electrons. The maximum atomic E-state index is 13.2. The third-order valence-electron chi connectivity index (χ3n) is 6.00. The molecule has 0 saturated carbocycles. The number of ether oxygens (including phenoxy) is 2. The molecule has 0 aromatic heterocycles. The molecular weight excluding hydrogens is 506 g/mol. The summed E-state index contributed by atoms with van der Waals surface area (Å²) in [6, 6.07) is 10.8. The van der Waals surface area contributed by atoms with Gasteiger partial charge in [0.2, 0.25) is 20.0 Å². The lowest BCUT2D eigenvalue weighted by atomic mass is 10.2. The van der Waals surface area contributed by atoms with E-state index in [9.17, 15) is 21.6 Å². The third kappa shape index (κ3) is 6.48. The summed E-state index contributed by atoms with van der Waals surface area (Å²) in [6.45, 7) is 2.69. The Labute approximate surface area is 213 Å². The maximum Gasteiger partial charge on any atom is 0.265 e. The van der Waals surface area contributed by atoms with Gasteiger partial charge in [-0.2, -0.15) is 4.31 Å². The highest BCUT2D eigenvalue weighted by molar-refractivity contribution is 7.92. The SMILES string of the molecule is CC[C@@H](Oc1ccc(N(C)S(C)(=O)=O)cc1)C(=O)Nc1ccc(OC)c(S(=O)(=O)N2CCCCC2)c1. The van der Waals surface area contributed by atoms with Gasteiger partial charge >= 0.3 is 0 Å². The van der Waals surface area contributed by atoms with E-state index in [1.165, 1.54) is 30.6 Å². The monoisotopic (exact) mass is 539 g/mol. The smallest absolute Gasteiger partial charge is 0.265 e. The van der Waals surface area contributed by atoms with Gasteiger partial charge in [-0.05, 0) is 61.7 Å². The van der Waals surface area contributed by atoms with Crippen molar-refractivity contribution < 1.29 is 31.1 Å². The fraction of sp³-hybridized carbons (Fsp3) is 0.458. The van der Waals surface area contributed by atoms with Crippen LogP contribution in [0.5, 0.6) is 11.5 Å². The van der Waals surface area contributed by atoms with E-state index in [2.05, 4.69) is 5.32 Å². The normalized spacial score (nSPS) is 15.7. The molecule has 1 heterocycles. The van der Waals surface area contributed by atoms with E-state index in [1.54, 1.807) is 37.3 Å². The number of piperidine rings is 1. The topological polar surface area (TPSA) is 122 Å². The molecule has 10 nitrogen and oxygen atoms in total. The van der Waals surface area contributed by atoms with Crippen LogP contribution in [0.15, 0.2) is 47.4 Å². The van der Waals surface area contributed by atoms with Crippen LogP contribution < -0.4 is 19.1 Å². The molecule has 0 aliphatic carbocycles. The number of nitrogens with one attached hydrogen (secondary N) is 1. The van der Waals surface area contributed by atoms with Crippen molar-refractivity contribution in [3.05, 3.63) is 42.5 Å². The van der Waals surface area contributed by atoms with Gasteiger partial charge < -0.3 is 14.8 Å². The number of carbonyl (C=O) groups excluding carboxylic acids is 1. The number of anilines is 2. The molecule has 1 fully saturated rings. The first kappa shape index (κ1) is 27.8. The summed E-state index contributed by atoms with van der Waals surface area (Å²) < 4.78 is 63.6. The second kappa shape index (κ2) is 11.5. The minimum Gasteiger partial charge on any atom is -0.495 e. The predicted octanol–water partition coefficient (Wildman–Crippen LogP) is 3.06. The maximum absolute atomic E-state index is 13.2. The van der Waals surface area contributed by atoms with Crippen LogP contribution >= 0.6 is 0 Å². The highest BCUT2D eigenvalue weighted by atomic mass is 32.2. The molecule has 0 spiro atoms. The molecule has 0 unspecified atom stereocenters. The quantitative estimate of drug-likeness (QED) is 0.492. The largest absolute Gasteiger partial charge is 0.495 e. The number of sulfonamides is 2. The van der Waals surface area contributed by atoms with Gasteiger partial charge in [0.1, 0.15) is 16.4 Å². The van der Waals surface area contributed by atoms with Crippen LogP contribution in [0, 0.1) is 0 Å². The van der Waals surface area contributed by atoms with Crippen molar-refractivity contribution in [1.29, 1.82) is 0 Å². The van der Waals surface area contributed by atoms with Crippen LogP contribution in [0.4, 0.5) is 11.4 Å². The zero-order valence-corrected chi connectivity index (χ0v) is 22.6. The Hall–Kier alpha value is -2.83. The zero-order valence-electron chi connectivity index (χ0n) is 20.9. The fourth-order valence-corrected chi connectivity index (χ4v) is 6.04. The van der Waals surface area contributed by atoms with Gasteiger partial charge in [-0.1, -0.05) is 13.3 Å². The molecule has 0 bridgehead atoms. The Kier molecular flexibility index (Phi) is 8.85. The van der Waals surface area contributed by atoms with Crippen LogP contribution in [0.2, 0.25) is 0 Å². The Balaban J connectivity index is 1.76. The summed E-state index contributed by atoms with van der Waals surface area (Å²) >= 11 is 0. The number of hydrogen-bond donors (Lipinski definition) is 1. The predicted molar refractivity (Wildman–Crippen MR) is 139 cm³/mol. The number of hydrogen-bond acceptors (Lipinski definition) is 7. The van der Waals surface area contributed by atoms with Gasteiger partial charge in [-0.25, -0.2) is 16.8 Å². The lowest BCUT2D eigenvalue weighted by Gasteiger charge is -2.26. The van der Waals surface area contributed by atoms with Gasteiger partial charge in [-0.15, -0.1) is 0 Å². The third-order valence-corrected chi connectivity index (χ3v) is 9.13. The Morgan fingerprint density at radius 1 is 1.06 bits per heavy atom. The lowest BCUT2D eigenvalue weighted by molar-refractivity contribution is -0.122. The summed E-state index contributed by atoms with van der Waals surface area (Å²) in [5.41, 5.74) is 0.770. The number of carbonyl (C=O) groups is 1. The summed E-state index contributed by atoms with van der Waals surface area (Å²) in [4.78, 5) is 13.0. The van der Waals surface area contributed by atoms with Gasteiger partial charge in [0, 0.05) is 25.8 Å². The van der Waals surface area contributed by atoms with Gasteiger partial charge in [0.25, 0.3) is 5.91 Å². The van der Waals surface area contributed by atoms with E-state index in [0.29, 0.717) is 36.6 Å². The summed E-state index contributed by atoms with van der Waals surface area (Å²) in [7, 11) is -4.33. The molecule has 36 heavy (non-hydrogen) atoms. The van der Waals surface area contributed by atoms with Crippen LogP contribution in [-0.4, -0.2) is 66.7 Å². The van der Waals surface area contributed by atoms with E-state index < -0.39 is 32.1 Å². The number of rotatable bonds is 10.